The Bertz CT molecular complexity index is 980. The quantitative estimate of drug-likeness (QED) is 0.819. The molecule has 1 atom stereocenters. The monoisotopic (exact) mass is 404 g/mol. The zero-order chi connectivity index (χ0) is 21.3. The standard InChI is InChI=1S/C21H29FN4O3/c1-21(2,3)17(18(23)27)24-19(28)26-16-14(22)10-7-11-15(16)25(20(26)29)12-13-8-5-4-6-9-13/h7,10-11,13,17H,4-6,8-9,12H2,1-3H3,(H2,23,27)(H,24,28)/t17-/m1/s1. The summed E-state index contributed by atoms with van der Waals surface area (Å²) >= 11 is 0. The fourth-order valence-electron chi connectivity index (χ4n) is 4.16. The number of hydrogen-bond acceptors (Lipinski definition) is 3. The fraction of sp³-hybridized carbons (Fsp3) is 0.571. The minimum Gasteiger partial charge on any atom is -0.368 e. The maximum Gasteiger partial charge on any atom is 0.337 e. The Morgan fingerprint density at radius 2 is 1.90 bits per heavy atom. The molecule has 3 N–H and O–H groups in total. The molecule has 29 heavy (non-hydrogen) atoms. The summed E-state index contributed by atoms with van der Waals surface area (Å²) in [5.74, 6) is -1.06. The molecule has 158 valence electrons. The Hall–Kier alpha value is -2.64. The molecule has 3 rings (SSSR count). The molecule has 1 aliphatic carbocycles. The van der Waals surface area contributed by atoms with Crippen LogP contribution in [0.5, 0.6) is 0 Å². The second-order valence-electron chi connectivity index (χ2n) is 8.99. The van der Waals surface area contributed by atoms with Gasteiger partial charge in [0.2, 0.25) is 5.91 Å². The van der Waals surface area contributed by atoms with Crippen LogP contribution in [0.3, 0.4) is 0 Å². The lowest BCUT2D eigenvalue weighted by Crippen LogP contribution is -2.54. The number of carbonyl (C=O) groups excluding carboxylic acids is 2. The zero-order valence-electron chi connectivity index (χ0n) is 17.2. The molecule has 1 aromatic heterocycles. The topological polar surface area (TPSA) is 99.1 Å². The van der Waals surface area contributed by atoms with Gasteiger partial charge in [-0.15, -0.1) is 0 Å². The molecule has 1 saturated carbocycles. The Morgan fingerprint density at radius 1 is 1.24 bits per heavy atom. The van der Waals surface area contributed by atoms with Crippen LogP contribution in [0, 0.1) is 17.2 Å². The highest BCUT2D eigenvalue weighted by atomic mass is 19.1. The highest BCUT2D eigenvalue weighted by molar-refractivity contribution is 5.93. The van der Waals surface area contributed by atoms with E-state index in [-0.39, 0.29) is 5.52 Å². The van der Waals surface area contributed by atoms with Crippen molar-refractivity contribution in [2.24, 2.45) is 17.1 Å². The smallest absolute Gasteiger partial charge is 0.337 e. The molecule has 7 nitrogen and oxygen atoms in total. The van der Waals surface area contributed by atoms with Crippen molar-refractivity contribution in [1.29, 1.82) is 0 Å². The Labute approximate surface area is 169 Å². The number of para-hydroxylation sites is 1. The van der Waals surface area contributed by atoms with Gasteiger partial charge in [-0.05, 0) is 36.3 Å². The van der Waals surface area contributed by atoms with Crippen LogP contribution in [-0.2, 0) is 11.3 Å². The van der Waals surface area contributed by atoms with Gasteiger partial charge in [0.25, 0.3) is 0 Å². The number of imidazole rings is 1. The Kier molecular flexibility index (Phi) is 5.82. The van der Waals surface area contributed by atoms with Gasteiger partial charge in [-0.1, -0.05) is 46.1 Å². The molecule has 1 fully saturated rings. The van der Waals surface area contributed by atoms with Crippen molar-refractivity contribution >= 4 is 23.0 Å². The zero-order valence-corrected chi connectivity index (χ0v) is 17.2. The number of nitrogens with one attached hydrogen (secondary N) is 1. The minimum atomic E-state index is -1.01. The number of halogens is 1. The Morgan fingerprint density at radius 3 is 2.48 bits per heavy atom. The minimum absolute atomic E-state index is 0.0806. The van der Waals surface area contributed by atoms with E-state index in [0.717, 1.165) is 30.3 Å². The van der Waals surface area contributed by atoms with Gasteiger partial charge in [0.15, 0.2) is 0 Å². The predicted octanol–water partition coefficient (Wildman–Crippen LogP) is 2.98. The van der Waals surface area contributed by atoms with Gasteiger partial charge in [0.1, 0.15) is 17.4 Å². The van der Waals surface area contributed by atoms with Gasteiger partial charge < -0.3 is 11.1 Å². The first kappa shape index (κ1) is 21.1. The fourth-order valence-corrected chi connectivity index (χ4v) is 4.16. The van der Waals surface area contributed by atoms with E-state index in [4.69, 9.17) is 5.73 Å². The van der Waals surface area contributed by atoms with E-state index in [1.165, 1.54) is 23.1 Å². The van der Waals surface area contributed by atoms with Crippen molar-refractivity contribution in [3.05, 3.63) is 34.5 Å². The van der Waals surface area contributed by atoms with Gasteiger partial charge in [0.05, 0.1) is 5.52 Å². The lowest BCUT2D eigenvalue weighted by Gasteiger charge is -2.28. The lowest BCUT2D eigenvalue weighted by molar-refractivity contribution is -0.122. The van der Waals surface area contributed by atoms with E-state index in [9.17, 15) is 18.8 Å². The summed E-state index contributed by atoms with van der Waals surface area (Å²) in [6.07, 6.45) is 5.42. The lowest BCUT2D eigenvalue weighted by atomic mass is 9.86. The van der Waals surface area contributed by atoms with E-state index >= 15 is 0 Å². The number of carbonyl (C=O) groups is 2. The molecule has 0 aliphatic heterocycles. The number of amides is 2. The number of primary amides is 1. The largest absolute Gasteiger partial charge is 0.368 e. The molecule has 8 heteroatoms. The SMILES string of the molecule is CC(C)(C)[C@H](NC(=O)n1c(=O)n(CC2CCCCC2)c2cccc(F)c21)C(N)=O. The van der Waals surface area contributed by atoms with Crippen LogP contribution in [0.2, 0.25) is 0 Å². The first-order valence-electron chi connectivity index (χ1n) is 10.1. The number of nitrogens with zero attached hydrogens (tertiary/aromatic N) is 2. The number of aromatic nitrogens is 2. The first-order chi connectivity index (χ1) is 13.6. The van der Waals surface area contributed by atoms with Crippen molar-refractivity contribution in [3.63, 3.8) is 0 Å². The van der Waals surface area contributed by atoms with Crippen molar-refractivity contribution in [2.75, 3.05) is 0 Å². The van der Waals surface area contributed by atoms with Crippen molar-refractivity contribution in [2.45, 2.75) is 65.5 Å². The van der Waals surface area contributed by atoms with Crippen molar-refractivity contribution in [1.82, 2.24) is 14.5 Å². The molecular weight excluding hydrogens is 375 g/mol. The van der Waals surface area contributed by atoms with Crippen molar-refractivity contribution in [3.8, 4) is 0 Å². The maximum absolute atomic E-state index is 14.7. The molecular formula is C21H29FN4O3. The number of hydrogen-bond donors (Lipinski definition) is 2. The van der Waals surface area contributed by atoms with Crippen LogP contribution in [0.15, 0.2) is 23.0 Å². The van der Waals surface area contributed by atoms with Crippen LogP contribution in [0.1, 0.15) is 52.9 Å². The van der Waals surface area contributed by atoms with Gasteiger partial charge in [-0.2, -0.15) is 0 Å². The summed E-state index contributed by atoms with van der Waals surface area (Å²) in [6.45, 7) is 5.69. The third kappa shape index (κ3) is 4.21. The van der Waals surface area contributed by atoms with Crippen LogP contribution >= 0.6 is 0 Å². The van der Waals surface area contributed by atoms with Crippen LogP contribution < -0.4 is 16.7 Å². The molecule has 0 radical (unpaired) electrons. The number of rotatable bonds is 4. The van der Waals surface area contributed by atoms with Crippen LogP contribution in [0.4, 0.5) is 9.18 Å². The highest BCUT2D eigenvalue weighted by Gasteiger charge is 2.33. The predicted molar refractivity (Wildman–Crippen MR) is 109 cm³/mol. The molecule has 2 amide bonds. The van der Waals surface area contributed by atoms with E-state index in [0.29, 0.717) is 18.0 Å². The van der Waals surface area contributed by atoms with E-state index in [1.54, 1.807) is 26.8 Å². The average molecular weight is 404 g/mol. The first-order valence-corrected chi connectivity index (χ1v) is 10.1. The molecule has 0 bridgehead atoms. The van der Waals surface area contributed by atoms with Gasteiger partial charge in [-0.3, -0.25) is 9.36 Å². The van der Waals surface area contributed by atoms with E-state index < -0.39 is 34.9 Å². The van der Waals surface area contributed by atoms with E-state index in [2.05, 4.69) is 5.32 Å². The van der Waals surface area contributed by atoms with Gasteiger partial charge >= 0.3 is 11.7 Å². The summed E-state index contributed by atoms with van der Waals surface area (Å²) in [4.78, 5) is 37.9. The number of fused-ring (bicyclic) bond motifs is 1. The van der Waals surface area contributed by atoms with Crippen molar-refractivity contribution < 1.29 is 14.0 Å². The molecule has 1 aromatic carbocycles. The van der Waals surface area contributed by atoms with Crippen LogP contribution in [-0.4, -0.2) is 27.1 Å². The summed E-state index contributed by atoms with van der Waals surface area (Å²) in [7, 11) is 0. The van der Waals surface area contributed by atoms with Crippen LogP contribution in [0.25, 0.3) is 11.0 Å². The third-order valence-electron chi connectivity index (χ3n) is 5.69. The summed E-state index contributed by atoms with van der Waals surface area (Å²) < 4.78 is 16.9. The summed E-state index contributed by atoms with van der Waals surface area (Å²) in [6, 6.07) is 2.52. The second-order valence-corrected chi connectivity index (χ2v) is 8.99. The summed E-state index contributed by atoms with van der Waals surface area (Å²) in [5.41, 5.74) is 4.47. The number of nitrogens with two attached hydrogens (primary N) is 1. The molecule has 0 saturated heterocycles. The Balaban J connectivity index is 2.05. The molecule has 1 heterocycles. The van der Waals surface area contributed by atoms with Gasteiger partial charge in [-0.25, -0.2) is 18.5 Å². The highest BCUT2D eigenvalue weighted by Crippen LogP contribution is 2.27. The van der Waals surface area contributed by atoms with Gasteiger partial charge in [0, 0.05) is 6.54 Å². The normalized spacial score (nSPS) is 16.7. The summed E-state index contributed by atoms with van der Waals surface area (Å²) in [5, 5.41) is 2.52. The molecule has 2 aromatic rings. The molecule has 0 spiro atoms. The van der Waals surface area contributed by atoms with E-state index in [1.807, 2.05) is 0 Å². The molecule has 0 unspecified atom stereocenters. The third-order valence-corrected chi connectivity index (χ3v) is 5.69. The average Bonchev–Trinajstić information content (AvgIpc) is 2.92. The maximum atomic E-state index is 14.7. The number of benzene rings is 1. The second kappa shape index (κ2) is 8.00. The molecule has 1 aliphatic rings.